The topological polar surface area (TPSA) is 23.6 Å². The van der Waals surface area contributed by atoms with Gasteiger partial charge in [0.25, 0.3) is 0 Å². The van der Waals surface area contributed by atoms with E-state index in [1.807, 2.05) is 13.8 Å². The maximum atomic E-state index is 11.6. The highest BCUT2D eigenvalue weighted by Crippen LogP contribution is 2.08. The van der Waals surface area contributed by atoms with Gasteiger partial charge in [0.2, 0.25) is 0 Å². The van der Waals surface area contributed by atoms with E-state index in [-0.39, 0.29) is 6.04 Å². The molecule has 0 heterocycles. The van der Waals surface area contributed by atoms with Crippen molar-refractivity contribution in [3.8, 4) is 0 Å². The number of hydrogen-bond acceptors (Lipinski definition) is 3. The molecule has 15 heavy (non-hydrogen) atoms. The van der Waals surface area contributed by atoms with Crippen LogP contribution in [0.4, 0.5) is 0 Å². The van der Waals surface area contributed by atoms with Gasteiger partial charge in [0.15, 0.2) is 0 Å². The summed E-state index contributed by atoms with van der Waals surface area (Å²) in [4.78, 5) is 16.1. The van der Waals surface area contributed by atoms with Gasteiger partial charge in [-0.1, -0.05) is 13.8 Å². The summed E-state index contributed by atoms with van der Waals surface area (Å²) in [5.41, 5.74) is 0. The Morgan fingerprint density at radius 3 is 2.07 bits per heavy atom. The Morgan fingerprint density at radius 1 is 1.20 bits per heavy atom. The molecule has 0 aromatic heterocycles. The van der Waals surface area contributed by atoms with E-state index in [1.54, 1.807) is 0 Å². The molecule has 3 heteroatoms. The summed E-state index contributed by atoms with van der Waals surface area (Å²) in [7, 11) is 4.13. The van der Waals surface area contributed by atoms with E-state index in [0.717, 1.165) is 13.1 Å². The molecule has 0 aliphatic heterocycles. The highest BCUT2D eigenvalue weighted by atomic mass is 16.1. The number of carbonyl (C=O) groups is 1. The summed E-state index contributed by atoms with van der Waals surface area (Å²) in [6, 6.07) is 0.477. The van der Waals surface area contributed by atoms with Crippen LogP contribution >= 0.6 is 0 Å². The van der Waals surface area contributed by atoms with E-state index >= 15 is 0 Å². The van der Waals surface area contributed by atoms with Crippen molar-refractivity contribution in [2.45, 2.75) is 46.2 Å². The molecule has 0 saturated carbocycles. The molecular weight excluding hydrogens is 188 g/mol. The van der Waals surface area contributed by atoms with Crippen LogP contribution in [-0.4, -0.2) is 54.9 Å². The van der Waals surface area contributed by atoms with Crippen molar-refractivity contribution in [1.29, 1.82) is 0 Å². The summed E-state index contributed by atoms with van der Waals surface area (Å²) in [5, 5.41) is 0. The van der Waals surface area contributed by atoms with Crippen molar-refractivity contribution in [2.24, 2.45) is 0 Å². The second kappa shape index (κ2) is 6.96. The van der Waals surface area contributed by atoms with Gasteiger partial charge in [0, 0.05) is 19.0 Å². The molecule has 90 valence electrons. The van der Waals surface area contributed by atoms with Gasteiger partial charge >= 0.3 is 0 Å². The molecule has 3 nitrogen and oxygen atoms in total. The molecule has 2 atom stereocenters. The van der Waals surface area contributed by atoms with Gasteiger partial charge in [0.1, 0.15) is 5.78 Å². The SMILES string of the molecule is CCC(=O)C(C)N(CC)C(C)CN(C)C. The zero-order valence-corrected chi connectivity index (χ0v) is 11.1. The van der Waals surface area contributed by atoms with Crippen molar-refractivity contribution in [3.63, 3.8) is 0 Å². The fourth-order valence-corrected chi connectivity index (χ4v) is 2.08. The molecule has 0 bridgehead atoms. The smallest absolute Gasteiger partial charge is 0.149 e. The molecular formula is C12H26N2O. The van der Waals surface area contributed by atoms with Crippen molar-refractivity contribution in [2.75, 3.05) is 27.2 Å². The first kappa shape index (κ1) is 14.6. The molecule has 0 aromatic rings. The van der Waals surface area contributed by atoms with E-state index in [2.05, 4.69) is 37.7 Å². The Labute approximate surface area is 94.4 Å². The summed E-state index contributed by atoms with van der Waals surface area (Å²) < 4.78 is 0. The Hall–Kier alpha value is -0.410. The lowest BCUT2D eigenvalue weighted by Crippen LogP contribution is -2.47. The summed E-state index contributed by atoms with van der Waals surface area (Å²) in [5.74, 6) is 0.336. The van der Waals surface area contributed by atoms with Crippen molar-refractivity contribution in [3.05, 3.63) is 0 Å². The number of rotatable bonds is 7. The van der Waals surface area contributed by atoms with Crippen LogP contribution in [0.5, 0.6) is 0 Å². The highest BCUT2D eigenvalue weighted by Gasteiger charge is 2.23. The maximum Gasteiger partial charge on any atom is 0.149 e. The second-order valence-electron chi connectivity index (χ2n) is 4.44. The van der Waals surface area contributed by atoms with Crippen molar-refractivity contribution < 1.29 is 4.79 Å². The summed E-state index contributed by atoms with van der Waals surface area (Å²) >= 11 is 0. The predicted octanol–water partition coefficient (Wildman–Crippen LogP) is 1.63. The maximum absolute atomic E-state index is 11.6. The van der Waals surface area contributed by atoms with Crippen LogP contribution in [-0.2, 0) is 4.79 Å². The van der Waals surface area contributed by atoms with E-state index < -0.39 is 0 Å². The van der Waals surface area contributed by atoms with Gasteiger partial charge in [-0.25, -0.2) is 0 Å². The van der Waals surface area contributed by atoms with Crippen LogP contribution in [0, 0.1) is 0 Å². The third-order valence-corrected chi connectivity index (χ3v) is 2.87. The fourth-order valence-electron chi connectivity index (χ4n) is 2.08. The zero-order chi connectivity index (χ0) is 12.0. The minimum atomic E-state index is 0.0509. The minimum absolute atomic E-state index is 0.0509. The third kappa shape index (κ3) is 4.76. The monoisotopic (exact) mass is 214 g/mol. The average Bonchev–Trinajstić information content (AvgIpc) is 2.16. The van der Waals surface area contributed by atoms with Gasteiger partial charge in [0.05, 0.1) is 6.04 Å². The van der Waals surface area contributed by atoms with Gasteiger partial charge in [-0.3, -0.25) is 9.69 Å². The normalized spacial score (nSPS) is 15.7. The lowest BCUT2D eigenvalue weighted by molar-refractivity contribution is -0.124. The van der Waals surface area contributed by atoms with Gasteiger partial charge in [-0.05, 0) is 34.5 Å². The van der Waals surface area contributed by atoms with Gasteiger partial charge in [-0.2, -0.15) is 0 Å². The number of likely N-dealkylation sites (N-methyl/N-ethyl adjacent to an activating group) is 2. The van der Waals surface area contributed by atoms with Gasteiger partial charge < -0.3 is 4.90 Å². The standard InChI is InChI=1S/C12H26N2O/c1-7-12(15)11(4)14(8-2)10(3)9-13(5)6/h10-11H,7-9H2,1-6H3. The average molecular weight is 214 g/mol. The molecule has 0 radical (unpaired) electrons. The largest absolute Gasteiger partial charge is 0.308 e. The predicted molar refractivity (Wildman–Crippen MR) is 65.2 cm³/mol. The minimum Gasteiger partial charge on any atom is -0.308 e. The molecule has 0 rings (SSSR count). The van der Waals surface area contributed by atoms with E-state index in [4.69, 9.17) is 0 Å². The zero-order valence-electron chi connectivity index (χ0n) is 11.1. The fraction of sp³-hybridized carbons (Fsp3) is 0.917. The number of nitrogens with zero attached hydrogens (tertiary/aromatic N) is 2. The Kier molecular flexibility index (Phi) is 6.77. The molecule has 0 aliphatic carbocycles. The first-order valence-corrected chi connectivity index (χ1v) is 5.87. The first-order valence-electron chi connectivity index (χ1n) is 5.87. The quantitative estimate of drug-likeness (QED) is 0.643. The summed E-state index contributed by atoms with van der Waals surface area (Å²) in [6.45, 7) is 10.2. The van der Waals surface area contributed by atoms with Crippen molar-refractivity contribution >= 4 is 5.78 Å². The molecule has 0 spiro atoms. The number of ketones is 1. The number of hydrogen-bond donors (Lipinski definition) is 0. The van der Waals surface area contributed by atoms with Crippen molar-refractivity contribution in [1.82, 2.24) is 9.80 Å². The van der Waals surface area contributed by atoms with Crippen LogP contribution in [0.25, 0.3) is 0 Å². The highest BCUT2D eigenvalue weighted by molar-refractivity contribution is 5.83. The van der Waals surface area contributed by atoms with E-state index in [1.165, 1.54) is 0 Å². The Balaban J connectivity index is 4.39. The lowest BCUT2D eigenvalue weighted by Gasteiger charge is -2.34. The van der Waals surface area contributed by atoms with Crippen LogP contribution in [0.15, 0.2) is 0 Å². The summed E-state index contributed by atoms with van der Waals surface area (Å²) in [6.07, 6.45) is 0.631. The molecule has 0 fully saturated rings. The molecule has 0 N–H and O–H groups in total. The van der Waals surface area contributed by atoms with Crippen LogP contribution in [0.2, 0.25) is 0 Å². The van der Waals surface area contributed by atoms with Crippen LogP contribution in [0.1, 0.15) is 34.1 Å². The van der Waals surface area contributed by atoms with E-state index in [0.29, 0.717) is 18.2 Å². The van der Waals surface area contributed by atoms with Crippen LogP contribution < -0.4 is 0 Å². The molecule has 0 aliphatic rings. The Morgan fingerprint density at radius 2 is 1.73 bits per heavy atom. The number of carbonyl (C=O) groups excluding carboxylic acids is 1. The van der Waals surface area contributed by atoms with E-state index in [9.17, 15) is 4.79 Å². The molecule has 0 saturated heterocycles. The lowest BCUT2D eigenvalue weighted by atomic mass is 10.1. The molecule has 2 unspecified atom stereocenters. The van der Waals surface area contributed by atoms with Gasteiger partial charge in [-0.15, -0.1) is 0 Å². The molecule has 0 amide bonds. The Bertz CT molecular complexity index is 192. The molecule has 0 aromatic carbocycles. The first-order chi connectivity index (χ1) is 6.93. The second-order valence-corrected chi connectivity index (χ2v) is 4.44. The van der Waals surface area contributed by atoms with Crippen LogP contribution in [0.3, 0.4) is 0 Å². The third-order valence-electron chi connectivity index (χ3n) is 2.87. The number of Topliss-reactive ketones (excluding diaryl/α,β-unsaturated/α-hetero) is 1.